The van der Waals surface area contributed by atoms with E-state index in [4.69, 9.17) is 0 Å². The van der Waals surface area contributed by atoms with Gasteiger partial charge in [0.1, 0.15) is 0 Å². The highest BCUT2D eigenvalue weighted by Crippen LogP contribution is 2.38. The lowest BCUT2D eigenvalue weighted by Crippen LogP contribution is -2.34. The minimum atomic E-state index is -4.43. The van der Waals surface area contributed by atoms with Crippen LogP contribution in [0.1, 0.15) is 22.0 Å². The molecule has 2 rings (SSSR count). The summed E-state index contributed by atoms with van der Waals surface area (Å²) in [5.41, 5.74) is -3.34. The highest BCUT2D eigenvalue weighted by molar-refractivity contribution is 8.00. The molecule has 130 valence electrons. The molecule has 0 fully saturated rings. The fourth-order valence-electron chi connectivity index (χ4n) is 2.22. The fraction of sp³-hybridized carbons (Fsp3) is 0.312. The van der Waals surface area contributed by atoms with E-state index in [0.717, 1.165) is 5.56 Å². The Morgan fingerprint density at radius 1 is 1.29 bits per heavy atom. The van der Waals surface area contributed by atoms with Gasteiger partial charge in [0, 0.05) is 11.4 Å². The van der Waals surface area contributed by atoms with E-state index in [0.29, 0.717) is 6.54 Å². The molecule has 1 amide bonds. The number of thiophene rings is 1. The molecule has 0 saturated carbocycles. The summed E-state index contributed by atoms with van der Waals surface area (Å²) >= 11 is 1.28. The number of carbonyl (C=O) groups excluding carboxylic acids is 1. The lowest BCUT2D eigenvalue weighted by atomic mass is 10.1. The van der Waals surface area contributed by atoms with Crippen LogP contribution in [-0.4, -0.2) is 37.0 Å². The summed E-state index contributed by atoms with van der Waals surface area (Å²) in [6, 6.07) is 7.67. The molecule has 0 aliphatic heterocycles. The van der Waals surface area contributed by atoms with Gasteiger partial charge in [-0.15, -0.1) is 0 Å². The number of benzene rings is 1. The van der Waals surface area contributed by atoms with E-state index in [1.807, 2.05) is 35.8 Å². The second-order valence-electron chi connectivity index (χ2n) is 5.29. The highest BCUT2D eigenvalue weighted by Gasteiger charge is 2.31. The van der Waals surface area contributed by atoms with Crippen LogP contribution < -0.4 is 5.32 Å². The Morgan fingerprint density at radius 3 is 2.58 bits per heavy atom. The summed E-state index contributed by atoms with van der Waals surface area (Å²) in [4.78, 5) is 14.2. The van der Waals surface area contributed by atoms with Crippen molar-refractivity contribution in [2.45, 2.75) is 16.4 Å². The van der Waals surface area contributed by atoms with Crippen LogP contribution >= 0.6 is 23.1 Å². The molecular formula is C16H17F3N2OS2. The normalized spacial score (nSPS) is 13.1. The Bertz CT molecular complexity index is 672. The Hall–Kier alpha value is -1.51. The third kappa shape index (κ3) is 5.25. The molecule has 1 N–H and O–H groups in total. The zero-order valence-electron chi connectivity index (χ0n) is 13.1. The first-order valence-electron chi connectivity index (χ1n) is 7.09. The van der Waals surface area contributed by atoms with E-state index in [1.54, 1.807) is 17.4 Å². The lowest BCUT2D eigenvalue weighted by Gasteiger charge is -2.24. The van der Waals surface area contributed by atoms with Gasteiger partial charge in [-0.05, 0) is 60.4 Å². The minimum absolute atomic E-state index is 0.0302. The van der Waals surface area contributed by atoms with E-state index < -0.39 is 11.4 Å². The van der Waals surface area contributed by atoms with E-state index in [9.17, 15) is 18.0 Å². The summed E-state index contributed by atoms with van der Waals surface area (Å²) in [5.74, 6) is -0.510. The first-order valence-corrected chi connectivity index (χ1v) is 8.85. The number of hydrogen-bond donors (Lipinski definition) is 1. The molecule has 1 aromatic carbocycles. The molecule has 1 atom stereocenters. The van der Waals surface area contributed by atoms with Crippen LogP contribution in [0.2, 0.25) is 0 Å². The number of hydrogen-bond acceptors (Lipinski definition) is 4. The number of nitrogens with one attached hydrogen (secondary N) is 1. The number of amides is 1. The van der Waals surface area contributed by atoms with E-state index in [1.165, 1.54) is 18.2 Å². The Kier molecular flexibility index (Phi) is 6.31. The SMILES string of the molecule is CN(C)C(CNC(=O)c1ccccc1SC(F)(F)F)c1ccsc1. The minimum Gasteiger partial charge on any atom is -0.350 e. The zero-order chi connectivity index (χ0) is 17.7. The van der Waals surface area contributed by atoms with Crippen LogP contribution in [0.3, 0.4) is 0 Å². The summed E-state index contributed by atoms with van der Waals surface area (Å²) in [7, 11) is 3.78. The number of likely N-dealkylation sites (N-methyl/N-ethyl adjacent to an activating group) is 1. The van der Waals surface area contributed by atoms with Gasteiger partial charge in [-0.2, -0.15) is 24.5 Å². The average Bonchev–Trinajstić information content (AvgIpc) is 3.00. The average molecular weight is 374 g/mol. The quantitative estimate of drug-likeness (QED) is 0.761. The second kappa shape index (κ2) is 8.04. The topological polar surface area (TPSA) is 32.3 Å². The third-order valence-corrected chi connectivity index (χ3v) is 4.87. The highest BCUT2D eigenvalue weighted by atomic mass is 32.2. The first-order chi connectivity index (χ1) is 11.3. The van der Waals surface area contributed by atoms with Gasteiger partial charge in [0.25, 0.3) is 5.91 Å². The molecule has 1 aromatic heterocycles. The monoisotopic (exact) mass is 374 g/mol. The number of alkyl halides is 3. The van der Waals surface area contributed by atoms with Gasteiger partial charge in [-0.25, -0.2) is 0 Å². The van der Waals surface area contributed by atoms with Crippen LogP contribution in [0.25, 0.3) is 0 Å². The summed E-state index contributed by atoms with van der Waals surface area (Å²) in [5, 5.41) is 6.68. The van der Waals surface area contributed by atoms with E-state index >= 15 is 0 Å². The second-order valence-corrected chi connectivity index (χ2v) is 7.18. The van der Waals surface area contributed by atoms with Gasteiger partial charge in [-0.3, -0.25) is 4.79 Å². The standard InChI is InChI=1S/C16H17F3N2OS2/c1-21(2)13(11-7-8-23-10-11)9-20-15(22)12-5-3-4-6-14(12)24-16(17,18)19/h3-8,10,13H,9H2,1-2H3,(H,20,22). The maximum absolute atomic E-state index is 12.6. The predicted octanol–water partition coefficient (Wildman–Crippen LogP) is 4.39. The van der Waals surface area contributed by atoms with E-state index in [-0.39, 0.29) is 28.3 Å². The zero-order valence-corrected chi connectivity index (χ0v) is 14.8. The molecule has 0 spiro atoms. The largest absolute Gasteiger partial charge is 0.446 e. The van der Waals surface area contributed by atoms with Crippen LogP contribution in [-0.2, 0) is 0 Å². The summed E-state index contributed by atoms with van der Waals surface area (Å²) < 4.78 is 37.8. The van der Waals surface area contributed by atoms with Crippen LogP contribution in [0, 0.1) is 0 Å². The maximum Gasteiger partial charge on any atom is 0.446 e. The van der Waals surface area contributed by atoms with Gasteiger partial charge >= 0.3 is 5.51 Å². The fourth-order valence-corrected chi connectivity index (χ4v) is 3.59. The van der Waals surface area contributed by atoms with Crippen molar-refractivity contribution in [3.8, 4) is 0 Å². The van der Waals surface area contributed by atoms with Gasteiger partial charge in [0.15, 0.2) is 0 Å². The van der Waals surface area contributed by atoms with Crippen molar-refractivity contribution in [2.24, 2.45) is 0 Å². The van der Waals surface area contributed by atoms with Gasteiger partial charge in [0.2, 0.25) is 0 Å². The molecule has 24 heavy (non-hydrogen) atoms. The van der Waals surface area contributed by atoms with Gasteiger partial charge < -0.3 is 10.2 Å². The molecule has 0 radical (unpaired) electrons. The molecule has 0 aliphatic carbocycles. The molecule has 2 aromatic rings. The summed E-state index contributed by atoms with van der Waals surface area (Å²) in [6.07, 6.45) is 0. The molecule has 1 unspecified atom stereocenters. The van der Waals surface area contributed by atoms with Crippen molar-refractivity contribution in [2.75, 3.05) is 20.6 Å². The molecule has 0 aliphatic rings. The molecule has 0 saturated heterocycles. The van der Waals surface area contributed by atoms with Crippen molar-refractivity contribution in [1.82, 2.24) is 10.2 Å². The number of rotatable bonds is 6. The molecule has 3 nitrogen and oxygen atoms in total. The van der Waals surface area contributed by atoms with Gasteiger partial charge in [0.05, 0.1) is 11.6 Å². The lowest BCUT2D eigenvalue weighted by molar-refractivity contribution is -0.0328. The number of carbonyl (C=O) groups is 1. The predicted molar refractivity (Wildman–Crippen MR) is 91.4 cm³/mol. The van der Waals surface area contributed by atoms with E-state index in [2.05, 4.69) is 5.32 Å². The van der Waals surface area contributed by atoms with Crippen molar-refractivity contribution in [3.05, 3.63) is 52.2 Å². The van der Waals surface area contributed by atoms with Crippen LogP contribution in [0.15, 0.2) is 46.0 Å². The Morgan fingerprint density at radius 2 is 2.00 bits per heavy atom. The smallest absolute Gasteiger partial charge is 0.350 e. The first kappa shape index (κ1) is 18.8. The van der Waals surface area contributed by atoms with Crippen LogP contribution in [0.4, 0.5) is 13.2 Å². The van der Waals surface area contributed by atoms with Crippen molar-refractivity contribution in [3.63, 3.8) is 0 Å². The van der Waals surface area contributed by atoms with Crippen LogP contribution in [0.5, 0.6) is 0 Å². The summed E-state index contributed by atoms with van der Waals surface area (Å²) in [6.45, 7) is 0.313. The van der Waals surface area contributed by atoms with Crippen molar-refractivity contribution >= 4 is 29.0 Å². The number of halogens is 3. The molecule has 8 heteroatoms. The number of nitrogens with zero attached hydrogens (tertiary/aromatic N) is 1. The van der Waals surface area contributed by atoms with Crippen molar-refractivity contribution in [1.29, 1.82) is 0 Å². The maximum atomic E-state index is 12.6. The molecule has 1 heterocycles. The molecule has 0 bridgehead atoms. The Labute approximate surface area is 146 Å². The van der Waals surface area contributed by atoms with Gasteiger partial charge in [-0.1, -0.05) is 12.1 Å². The molecular weight excluding hydrogens is 357 g/mol. The number of thioether (sulfide) groups is 1. The Balaban J connectivity index is 2.10. The third-order valence-electron chi connectivity index (χ3n) is 3.36. The van der Waals surface area contributed by atoms with Crippen molar-refractivity contribution < 1.29 is 18.0 Å².